The van der Waals surface area contributed by atoms with E-state index in [2.05, 4.69) is 17.6 Å². The molecule has 1 aliphatic heterocycles. The highest BCUT2D eigenvalue weighted by Gasteiger charge is 2.31. The Kier molecular flexibility index (Phi) is 4.71. The third-order valence-corrected chi connectivity index (χ3v) is 4.02. The Morgan fingerprint density at radius 2 is 2.26 bits per heavy atom. The summed E-state index contributed by atoms with van der Waals surface area (Å²) < 4.78 is 5.33. The van der Waals surface area contributed by atoms with E-state index >= 15 is 0 Å². The Morgan fingerprint density at radius 3 is 2.95 bits per heavy atom. The van der Waals surface area contributed by atoms with Crippen molar-refractivity contribution in [3.63, 3.8) is 0 Å². The lowest BCUT2D eigenvalue weighted by molar-refractivity contribution is 0.172. The Bertz CT molecular complexity index is 445. The van der Waals surface area contributed by atoms with E-state index in [0.717, 1.165) is 22.8 Å². The average molecular weight is 280 g/mol. The summed E-state index contributed by atoms with van der Waals surface area (Å²) in [5.74, 6) is 0.978. The van der Waals surface area contributed by atoms with Crippen molar-refractivity contribution in [2.24, 2.45) is 0 Å². The maximum Gasteiger partial charge on any atom is 0.319 e. The van der Waals surface area contributed by atoms with Crippen molar-refractivity contribution in [1.82, 2.24) is 5.32 Å². The highest BCUT2D eigenvalue weighted by molar-refractivity contribution is 7.99. The molecule has 1 aromatic rings. The Hall–Kier alpha value is -1.20. The van der Waals surface area contributed by atoms with Crippen LogP contribution in [-0.4, -0.2) is 30.5 Å². The van der Waals surface area contributed by atoms with Crippen molar-refractivity contribution in [2.75, 3.05) is 24.3 Å². The predicted octanol–water partition coefficient (Wildman–Crippen LogP) is 3.10. The van der Waals surface area contributed by atoms with Crippen LogP contribution >= 0.6 is 11.8 Å². The number of anilines is 1. The van der Waals surface area contributed by atoms with Gasteiger partial charge in [-0.15, -0.1) is 11.8 Å². The first-order valence-electron chi connectivity index (χ1n) is 6.52. The highest BCUT2D eigenvalue weighted by Crippen LogP contribution is 2.26. The van der Waals surface area contributed by atoms with Gasteiger partial charge in [-0.25, -0.2) is 4.79 Å². The number of hydrogen-bond acceptors (Lipinski definition) is 3. The van der Waals surface area contributed by atoms with Gasteiger partial charge in [-0.1, -0.05) is 19.1 Å². The monoisotopic (exact) mass is 280 g/mol. The number of carbonyl (C=O) groups is 1. The average Bonchev–Trinajstić information content (AvgIpc) is 2.78. The third kappa shape index (κ3) is 3.88. The molecule has 1 fully saturated rings. The van der Waals surface area contributed by atoms with Crippen LogP contribution in [0, 0.1) is 0 Å². The molecule has 0 spiro atoms. The van der Waals surface area contributed by atoms with Gasteiger partial charge in [0.15, 0.2) is 0 Å². The Morgan fingerprint density at radius 1 is 1.47 bits per heavy atom. The molecule has 0 bridgehead atoms. The first kappa shape index (κ1) is 14.2. The molecule has 5 heteroatoms. The van der Waals surface area contributed by atoms with Crippen LogP contribution in [-0.2, 0) is 4.74 Å². The predicted molar refractivity (Wildman–Crippen MR) is 78.8 cm³/mol. The minimum atomic E-state index is -0.253. The number of carbonyl (C=O) groups excluding carboxylic acids is 1. The van der Waals surface area contributed by atoms with Gasteiger partial charge in [-0.3, -0.25) is 0 Å². The smallest absolute Gasteiger partial charge is 0.319 e. The zero-order chi connectivity index (χ0) is 13.7. The van der Waals surface area contributed by atoms with Crippen molar-refractivity contribution in [2.45, 2.75) is 30.7 Å². The summed E-state index contributed by atoms with van der Waals surface area (Å²) in [7, 11) is 0. The van der Waals surface area contributed by atoms with Crippen LogP contribution < -0.4 is 10.6 Å². The summed E-state index contributed by atoms with van der Waals surface area (Å²) in [5, 5.41) is 5.91. The molecular formula is C14H20N2O2S. The van der Waals surface area contributed by atoms with Crippen LogP contribution in [0.1, 0.15) is 20.3 Å². The second-order valence-electron chi connectivity index (χ2n) is 4.87. The van der Waals surface area contributed by atoms with Crippen molar-refractivity contribution in [1.29, 1.82) is 0 Å². The van der Waals surface area contributed by atoms with Gasteiger partial charge < -0.3 is 15.4 Å². The van der Waals surface area contributed by atoms with E-state index in [1.165, 1.54) is 0 Å². The van der Waals surface area contributed by atoms with Crippen LogP contribution in [0.15, 0.2) is 29.2 Å². The third-order valence-electron chi connectivity index (χ3n) is 3.07. The van der Waals surface area contributed by atoms with E-state index in [-0.39, 0.29) is 11.6 Å². The maximum absolute atomic E-state index is 12.0. The van der Waals surface area contributed by atoms with Gasteiger partial charge in [0.25, 0.3) is 0 Å². The van der Waals surface area contributed by atoms with Crippen molar-refractivity contribution >= 4 is 23.5 Å². The first-order chi connectivity index (χ1) is 9.13. The van der Waals surface area contributed by atoms with E-state index in [1.54, 1.807) is 11.8 Å². The van der Waals surface area contributed by atoms with Gasteiger partial charge in [-0.2, -0.15) is 0 Å². The molecule has 2 amide bonds. The number of thioether (sulfide) groups is 1. The lowest BCUT2D eigenvalue weighted by atomic mass is 10.0. The molecular weight excluding hydrogens is 260 g/mol. The molecule has 0 unspecified atom stereocenters. The number of para-hydroxylation sites is 1. The van der Waals surface area contributed by atoms with Crippen LogP contribution in [0.3, 0.4) is 0 Å². The summed E-state index contributed by atoms with van der Waals surface area (Å²) >= 11 is 1.72. The molecule has 1 aromatic carbocycles. The molecule has 0 aromatic heterocycles. The van der Waals surface area contributed by atoms with Crippen molar-refractivity contribution < 1.29 is 9.53 Å². The summed E-state index contributed by atoms with van der Waals surface area (Å²) in [6, 6.07) is 7.68. The number of hydrogen-bond donors (Lipinski definition) is 2. The molecule has 0 saturated carbocycles. The molecule has 1 atom stereocenters. The van der Waals surface area contributed by atoms with Gasteiger partial charge in [0, 0.05) is 11.5 Å². The number of amides is 2. The first-order valence-corrected chi connectivity index (χ1v) is 7.50. The van der Waals surface area contributed by atoms with Crippen molar-refractivity contribution in [3.8, 4) is 0 Å². The SMILES string of the molecule is CCSc1ccccc1NC(=O)N[C@@]1(C)CCOC1. The minimum absolute atomic E-state index is 0.169. The van der Waals surface area contributed by atoms with Crippen molar-refractivity contribution in [3.05, 3.63) is 24.3 Å². The second-order valence-corrected chi connectivity index (χ2v) is 6.18. The molecule has 0 aliphatic carbocycles. The molecule has 0 radical (unpaired) electrons. The fourth-order valence-corrected chi connectivity index (χ4v) is 2.80. The Balaban J connectivity index is 1.98. The zero-order valence-corrected chi connectivity index (χ0v) is 12.2. The number of ether oxygens (including phenoxy) is 1. The summed E-state index contributed by atoms with van der Waals surface area (Å²) in [6.45, 7) is 5.38. The summed E-state index contributed by atoms with van der Waals surface area (Å²) in [5.41, 5.74) is 0.603. The zero-order valence-electron chi connectivity index (χ0n) is 11.4. The van der Waals surface area contributed by atoms with E-state index in [9.17, 15) is 4.79 Å². The van der Waals surface area contributed by atoms with E-state index in [4.69, 9.17) is 4.74 Å². The maximum atomic E-state index is 12.0. The van der Waals surface area contributed by atoms with Gasteiger partial charge in [0.2, 0.25) is 0 Å². The van der Waals surface area contributed by atoms with Gasteiger partial charge in [0.05, 0.1) is 17.8 Å². The van der Waals surface area contributed by atoms with Gasteiger partial charge >= 0.3 is 6.03 Å². The minimum Gasteiger partial charge on any atom is -0.379 e. The van der Waals surface area contributed by atoms with E-state index < -0.39 is 0 Å². The molecule has 1 heterocycles. The summed E-state index contributed by atoms with van der Waals surface area (Å²) in [6.07, 6.45) is 0.853. The molecule has 4 nitrogen and oxygen atoms in total. The largest absolute Gasteiger partial charge is 0.379 e. The van der Waals surface area contributed by atoms with Crippen LogP contribution in [0.25, 0.3) is 0 Å². The quantitative estimate of drug-likeness (QED) is 0.833. The molecule has 1 saturated heterocycles. The topological polar surface area (TPSA) is 50.4 Å². The summed E-state index contributed by atoms with van der Waals surface area (Å²) in [4.78, 5) is 13.1. The van der Waals surface area contributed by atoms with Gasteiger partial charge in [0.1, 0.15) is 0 Å². The van der Waals surface area contributed by atoms with Gasteiger partial charge in [-0.05, 0) is 31.2 Å². The van der Waals surface area contributed by atoms with E-state index in [1.807, 2.05) is 31.2 Å². The molecule has 19 heavy (non-hydrogen) atoms. The lowest BCUT2D eigenvalue weighted by Gasteiger charge is -2.24. The molecule has 104 valence electrons. The molecule has 1 aliphatic rings. The number of urea groups is 1. The van der Waals surface area contributed by atoms with Crippen LogP contribution in [0.5, 0.6) is 0 Å². The number of rotatable bonds is 4. The normalized spacial score (nSPS) is 22.2. The fraction of sp³-hybridized carbons (Fsp3) is 0.500. The fourth-order valence-electron chi connectivity index (χ4n) is 2.04. The lowest BCUT2D eigenvalue weighted by Crippen LogP contribution is -2.48. The second kappa shape index (κ2) is 6.30. The molecule has 2 rings (SSSR count). The standard InChI is InChI=1S/C14H20N2O2S/c1-3-19-12-7-5-4-6-11(12)15-13(17)16-14(2)8-9-18-10-14/h4-7H,3,8-10H2,1-2H3,(H2,15,16,17)/t14-/m0/s1. The number of nitrogens with one attached hydrogen (secondary N) is 2. The highest BCUT2D eigenvalue weighted by atomic mass is 32.2. The Labute approximate surface area is 118 Å². The van der Waals surface area contributed by atoms with Crippen LogP contribution in [0.2, 0.25) is 0 Å². The molecule has 2 N–H and O–H groups in total. The van der Waals surface area contributed by atoms with Crippen LogP contribution in [0.4, 0.5) is 10.5 Å². The number of benzene rings is 1. The van der Waals surface area contributed by atoms with E-state index in [0.29, 0.717) is 13.2 Å².